The van der Waals surface area contributed by atoms with E-state index in [1.165, 1.54) is 0 Å². The molecule has 0 aliphatic carbocycles. The average molecular weight is 350 g/mol. The van der Waals surface area contributed by atoms with Gasteiger partial charge in [-0.1, -0.05) is 43.7 Å². The first-order valence-corrected chi connectivity index (χ1v) is 8.58. The van der Waals surface area contributed by atoms with Gasteiger partial charge in [-0.15, -0.1) is 0 Å². The van der Waals surface area contributed by atoms with Crippen molar-refractivity contribution in [3.8, 4) is 0 Å². The molecule has 0 aromatic heterocycles. The molecule has 1 heterocycles. The molecule has 0 amide bonds. The van der Waals surface area contributed by atoms with Gasteiger partial charge in [0.2, 0.25) is 0 Å². The summed E-state index contributed by atoms with van der Waals surface area (Å²) in [6, 6.07) is 9.62. The Hall–Kier alpha value is -2.08. The Kier molecular flexibility index (Phi) is 6.82. The first-order valence-electron chi connectivity index (χ1n) is 8.58. The number of hydrogen-bond donors (Lipinski definition) is 0. The van der Waals surface area contributed by atoms with Crippen molar-refractivity contribution in [2.24, 2.45) is 5.41 Å². The molecule has 0 radical (unpaired) electrons. The van der Waals surface area contributed by atoms with E-state index in [4.69, 9.17) is 18.9 Å². The number of benzene rings is 1. The molecule has 2 unspecified atom stereocenters. The van der Waals surface area contributed by atoms with Gasteiger partial charge in [0.05, 0.1) is 12.0 Å². The van der Waals surface area contributed by atoms with Gasteiger partial charge in [0.15, 0.2) is 6.10 Å². The van der Waals surface area contributed by atoms with Gasteiger partial charge >= 0.3 is 12.1 Å². The van der Waals surface area contributed by atoms with Gasteiger partial charge < -0.3 is 18.9 Å². The summed E-state index contributed by atoms with van der Waals surface area (Å²) in [5.74, 6) is -0.284. The van der Waals surface area contributed by atoms with Gasteiger partial charge in [0.1, 0.15) is 19.3 Å². The minimum atomic E-state index is -0.726. The molecule has 2 rings (SSSR count). The molecular weight excluding hydrogens is 324 g/mol. The molecule has 2 atom stereocenters. The number of carbonyl (C=O) groups excluding carboxylic acids is 2. The summed E-state index contributed by atoms with van der Waals surface area (Å²) in [6.07, 6.45) is -0.255. The van der Waals surface area contributed by atoms with Crippen LogP contribution in [0.3, 0.4) is 0 Å². The summed E-state index contributed by atoms with van der Waals surface area (Å²) in [5, 5.41) is 0. The van der Waals surface area contributed by atoms with Gasteiger partial charge in [0.25, 0.3) is 0 Å². The molecule has 6 nitrogen and oxygen atoms in total. The lowest BCUT2D eigenvalue weighted by Crippen LogP contribution is -2.38. The van der Waals surface area contributed by atoms with Crippen molar-refractivity contribution in [1.29, 1.82) is 0 Å². The zero-order chi connectivity index (χ0) is 18.3. The lowest BCUT2D eigenvalue weighted by Gasteiger charge is -2.25. The van der Waals surface area contributed by atoms with Crippen LogP contribution in [0, 0.1) is 5.41 Å². The van der Waals surface area contributed by atoms with Gasteiger partial charge in [0, 0.05) is 0 Å². The van der Waals surface area contributed by atoms with Gasteiger partial charge in [-0.2, -0.15) is 0 Å². The van der Waals surface area contributed by atoms with Crippen molar-refractivity contribution >= 4 is 12.1 Å². The molecule has 0 spiro atoms. The van der Waals surface area contributed by atoms with Gasteiger partial charge in [-0.3, -0.25) is 4.79 Å². The lowest BCUT2D eigenvalue weighted by molar-refractivity contribution is -0.162. The first-order chi connectivity index (χ1) is 11.9. The Morgan fingerprint density at radius 3 is 2.64 bits per heavy atom. The first kappa shape index (κ1) is 19.2. The molecule has 1 saturated heterocycles. The zero-order valence-electron chi connectivity index (χ0n) is 15.0. The zero-order valence-corrected chi connectivity index (χ0v) is 15.0. The second-order valence-corrected chi connectivity index (χ2v) is 6.78. The highest BCUT2D eigenvalue weighted by atomic mass is 16.8. The van der Waals surface area contributed by atoms with E-state index in [1.54, 1.807) is 0 Å². The Labute approximate surface area is 148 Å². The van der Waals surface area contributed by atoms with Crippen molar-refractivity contribution in [3.63, 3.8) is 0 Å². The predicted octanol–water partition coefficient (Wildman–Crippen LogP) is 3.48. The molecule has 1 aliphatic rings. The highest BCUT2D eigenvalue weighted by molar-refractivity contribution is 5.75. The largest absolute Gasteiger partial charge is 0.508 e. The van der Waals surface area contributed by atoms with Crippen molar-refractivity contribution in [1.82, 2.24) is 0 Å². The number of ether oxygens (including phenoxy) is 4. The smallest absolute Gasteiger partial charge is 0.462 e. The van der Waals surface area contributed by atoms with Crippen LogP contribution in [0.15, 0.2) is 30.3 Å². The van der Waals surface area contributed by atoms with Crippen LogP contribution in [-0.4, -0.2) is 37.5 Å². The van der Waals surface area contributed by atoms with E-state index in [9.17, 15) is 9.59 Å². The maximum absolute atomic E-state index is 12.3. The van der Waals surface area contributed by atoms with E-state index in [0.717, 1.165) is 18.4 Å². The SMILES string of the molecule is CCCC(C)(C)C(=O)OCC(OCc1ccccc1)C1COC(=O)O1. The predicted molar refractivity (Wildman–Crippen MR) is 90.9 cm³/mol. The van der Waals surface area contributed by atoms with E-state index in [2.05, 4.69) is 0 Å². The third-order valence-electron chi connectivity index (χ3n) is 4.14. The summed E-state index contributed by atoms with van der Waals surface area (Å²) in [5.41, 5.74) is 0.428. The van der Waals surface area contributed by atoms with Crippen LogP contribution in [0.5, 0.6) is 0 Å². The van der Waals surface area contributed by atoms with Crippen LogP contribution >= 0.6 is 0 Å². The fourth-order valence-electron chi connectivity index (χ4n) is 2.65. The van der Waals surface area contributed by atoms with E-state index in [0.29, 0.717) is 6.61 Å². The van der Waals surface area contributed by atoms with Gasteiger partial charge in [-0.25, -0.2) is 4.79 Å². The average Bonchev–Trinajstić information content (AvgIpc) is 3.01. The van der Waals surface area contributed by atoms with Crippen LogP contribution in [0.25, 0.3) is 0 Å². The molecule has 1 aromatic carbocycles. The van der Waals surface area contributed by atoms with E-state index in [-0.39, 0.29) is 19.2 Å². The van der Waals surface area contributed by atoms with Crippen LogP contribution in [0.1, 0.15) is 39.2 Å². The highest BCUT2D eigenvalue weighted by Crippen LogP contribution is 2.24. The molecule has 0 bridgehead atoms. The number of cyclic esters (lactones) is 2. The van der Waals surface area contributed by atoms with Crippen molar-refractivity contribution in [3.05, 3.63) is 35.9 Å². The monoisotopic (exact) mass is 350 g/mol. The van der Waals surface area contributed by atoms with Crippen LogP contribution in [-0.2, 0) is 30.3 Å². The maximum atomic E-state index is 12.3. The number of hydrogen-bond acceptors (Lipinski definition) is 6. The summed E-state index contributed by atoms with van der Waals surface area (Å²) in [4.78, 5) is 23.5. The van der Waals surface area contributed by atoms with E-state index < -0.39 is 23.8 Å². The molecule has 6 heteroatoms. The highest BCUT2D eigenvalue weighted by Gasteiger charge is 2.36. The third-order valence-corrected chi connectivity index (χ3v) is 4.14. The minimum Gasteiger partial charge on any atom is -0.462 e. The standard InChI is InChI=1S/C19H26O6/c1-4-10-19(2,3)17(20)23-12-15(16-13-24-18(21)25-16)22-11-14-8-6-5-7-9-14/h5-9,15-16H,4,10-13H2,1-3H3. The summed E-state index contributed by atoms with van der Waals surface area (Å²) in [7, 11) is 0. The lowest BCUT2D eigenvalue weighted by atomic mass is 9.88. The molecule has 0 N–H and O–H groups in total. The summed E-state index contributed by atoms with van der Waals surface area (Å²) in [6.45, 7) is 6.18. The third kappa shape index (κ3) is 5.74. The van der Waals surface area contributed by atoms with Gasteiger partial charge in [-0.05, 0) is 25.8 Å². The topological polar surface area (TPSA) is 71.1 Å². The van der Waals surface area contributed by atoms with Crippen LogP contribution in [0.4, 0.5) is 4.79 Å². The van der Waals surface area contributed by atoms with Crippen molar-refractivity contribution in [2.75, 3.05) is 13.2 Å². The van der Waals surface area contributed by atoms with Crippen LogP contribution in [0.2, 0.25) is 0 Å². The second-order valence-electron chi connectivity index (χ2n) is 6.78. The number of carbonyl (C=O) groups is 2. The Bertz CT molecular complexity index is 569. The Balaban J connectivity index is 1.94. The molecular formula is C19H26O6. The second kappa shape index (κ2) is 8.85. The molecule has 25 heavy (non-hydrogen) atoms. The van der Waals surface area contributed by atoms with Crippen molar-refractivity contribution < 1.29 is 28.5 Å². The fourth-order valence-corrected chi connectivity index (χ4v) is 2.65. The minimum absolute atomic E-state index is 0.0140. The van der Waals surface area contributed by atoms with Crippen molar-refractivity contribution in [2.45, 2.75) is 52.4 Å². The van der Waals surface area contributed by atoms with Crippen LogP contribution < -0.4 is 0 Å². The quantitative estimate of drug-likeness (QED) is 0.635. The normalized spacial score (nSPS) is 18.4. The van der Waals surface area contributed by atoms with E-state index >= 15 is 0 Å². The number of esters is 1. The Morgan fingerprint density at radius 1 is 1.32 bits per heavy atom. The number of rotatable bonds is 9. The molecule has 138 valence electrons. The molecule has 1 aliphatic heterocycles. The maximum Gasteiger partial charge on any atom is 0.508 e. The molecule has 1 fully saturated rings. The summed E-state index contributed by atoms with van der Waals surface area (Å²) >= 11 is 0. The molecule has 1 aromatic rings. The van der Waals surface area contributed by atoms with E-state index in [1.807, 2.05) is 51.1 Å². The fraction of sp³-hybridized carbons (Fsp3) is 0.579. The Morgan fingerprint density at radius 2 is 2.04 bits per heavy atom. The summed E-state index contributed by atoms with van der Waals surface area (Å²) < 4.78 is 21.2. The molecule has 0 saturated carbocycles.